The summed E-state index contributed by atoms with van der Waals surface area (Å²) in [6.07, 6.45) is 1.39. The van der Waals surface area contributed by atoms with E-state index >= 15 is 0 Å². The van der Waals surface area contributed by atoms with Crippen molar-refractivity contribution in [1.82, 2.24) is 10.3 Å². The van der Waals surface area contributed by atoms with Gasteiger partial charge in [-0.3, -0.25) is 4.79 Å². The van der Waals surface area contributed by atoms with Gasteiger partial charge >= 0.3 is 0 Å². The van der Waals surface area contributed by atoms with Gasteiger partial charge in [-0.25, -0.2) is 4.98 Å². The molecule has 0 spiro atoms. The Balaban J connectivity index is 2.02. The number of rotatable bonds is 6. The maximum absolute atomic E-state index is 11.8. The van der Waals surface area contributed by atoms with Crippen molar-refractivity contribution in [3.8, 4) is 0 Å². The number of hydrogen-bond donors (Lipinski definition) is 2. The highest BCUT2D eigenvalue weighted by Gasteiger charge is 2.17. The monoisotopic (exact) mass is 336 g/mol. The van der Waals surface area contributed by atoms with Gasteiger partial charge in [-0.15, -0.1) is 0 Å². The molecule has 0 aliphatic heterocycles. The Morgan fingerprint density at radius 2 is 2.17 bits per heavy atom. The van der Waals surface area contributed by atoms with Crippen LogP contribution in [0.5, 0.6) is 0 Å². The Hall–Kier alpha value is -1.53. The third-order valence-corrected chi connectivity index (χ3v) is 4.25. The Bertz CT molecular complexity index is 676. The molecule has 0 aliphatic rings. The summed E-state index contributed by atoms with van der Waals surface area (Å²) >= 11 is 1.60. The van der Waals surface area contributed by atoms with E-state index in [2.05, 4.69) is 31.1 Å². The maximum atomic E-state index is 11.8. The Morgan fingerprint density at radius 3 is 2.83 bits per heavy atom. The normalized spacial score (nSPS) is 13.3. The second-order valence-corrected chi connectivity index (χ2v) is 7.54. The Labute approximate surface area is 140 Å². The average molecular weight is 336 g/mol. The molecule has 2 N–H and O–H groups in total. The summed E-state index contributed by atoms with van der Waals surface area (Å²) < 4.78 is 5.64. The molecule has 6 heteroatoms. The summed E-state index contributed by atoms with van der Waals surface area (Å²) in [5.74, 6) is 0.792. The van der Waals surface area contributed by atoms with Gasteiger partial charge in [0.25, 0.3) is 0 Å². The molecule has 23 heavy (non-hydrogen) atoms. The van der Waals surface area contributed by atoms with E-state index in [9.17, 15) is 9.90 Å². The van der Waals surface area contributed by atoms with Crippen molar-refractivity contribution < 1.29 is 14.3 Å². The number of carbonyl (C=O) groups is 1. The molecule has 1 atom stereocenters. The van der Waals surface area contributed by atoms with E-state index in [1.807, 2.05) is 24.5 Å². The molecule has 0 unspecified atom stereocenters. The molecule has 0 saturated heterocycles. The first-order valence-corrected chi connectivity index (χ1v) is 9.05. The predicted molar refractivity (Wildman–Crippen MR) is 93.6 cm³/mol. The standard InChI is InChI=1S/C17H24N2O3S/c1-17(2,3)11-5-6-14-12(9-11)19-15(22-14)10-18-16(21)13(20)7-8-23-4/h5-6,9,13,20H,7-8,10H2,1-4H3,(H,18,21)/t13-/m0/s1. The van der Waals surface area contributed by atoms with Gasteiger partial charge in [0.2, 0.25) is 11.8 Å². The van der Waals surface area contributed by atoms with Crippen molar-refractivity contribution >= 4 is 28.8 Å². The minimum atomic E-state index is -0.987. The number of oxazole rings is 1. The minimum absolute atomic E-state index is 0.0446. The first-order chi connectivity index (χ1) is 10.8. The van der Waals surface area contributed by atoms with Crippen molar-refractivity contribution in [1.29, 1.82) is 0 Å². The third-order valence-electron chi connectivity index (χ3n) is 3.61. The zero-order valence-corrected chi connectivity index (χ0v) is 14.9. The van der Waals surface area contributed by atoms with Crippen LogP contribution in [-0.4, -0.2) is 34.1 Å². The molecular weight excluding hydrogens is 312 g/mol. The first-order valence-electron chi connectivity index (χ1n) is 7.66. The number of hydrogen-bond acceptors (Lipinski definition) is 5. The predicted octanol–water partition coefficient (Wildman–Crippen LogP) is 2.86. The number of nitrogens with one attached hydrogen (secondary N) is 1. The molecule has 0 saturated carbocycles. The molecule has 0 bridgehead atoms. The van der Waals surface area contributed by atoms with Gasteiger partial charge in [0, 0.05) is 0 Å². The van der Waals surface area contributed by atoms with Crippen molar-refractivity contribution in [3.63, 3.8) is 0 Å². The number of carbonyl (C=O) groups excluding carboxylic acids is 1. The lowest BCUT2D eigenvalue weighted by Crippen LogP contribution is -2.34. The lowest BCUT2D eigenvalue weighted by atomic mass is 9.87. The summed E-state index contributed by atoms with van der Waals surface area (Å²) in [4.78, 5) is 16.2. The highest BCUT2D eigenvalue weighted by atomic mass is 32.2. The van der Waals surface area contributed by atoms with Gasteiger partial charge in [0.05, 0.1) is 6.54 Å². The Morgan fingerprint density at radius 1 is 1.43 bits per heavy atom. The van der Waals surface area contributed by atoms with Crippen molar-refractivity contribution in [2.45, 2.75) is 45.3 Å². The van der Waals surface area contributed by atoms with E-state index in [1.165, 1.54) is 5.56 Å². The Kier molecular flexibility index (Phi) is 5.70. The van der Waals surface area contributed by atoms with Crippen LogP contribution >= 0.6 is 11.8 Å². The van der Waals surface area contributed by atoms with Gasteiger partial charge in [0.1, 0.15) is 11.6 Å². The number of amides is 1. The summed E-state index contributed by atoms with van der Waals surface area (Å²) in [5, 5.41) is 12.4. The van der Waals surface area contributed by atoms with Crippen LogP contribution in [0.25, 0.3) is 11.1 Å². The second-order valence-electron chi connectivity index (χ2n) is 6.56. The zero-order chi connectivity index (χ0) is 17.0. The number of fused-ring (bicyclic) bond motifs is 1. The van der Waals surface area contributed by atoms with E-state index in [4.69, 9.17) is 4.42 Å². The van der Waals surface area contributed by atoms with E-state index in [1.54, 1.807) is 11.8 Å². The minimum Gasteiger partial charge on any atom is -0.439 e. The number of nitrogens with zero attached hydrogens (tertiary/aromatic N) is 1. The van der Waals surface area contributed by atoms with Gasteiger partial charge in [-0.1, -0.05) is 26.8 Å². The van der Waals surface area contributed by atoms with E-state index in [0.29, 0.717) is 17.9 Å². The summed E-state index contributed by atoms with van der Waals surface area (Å²) in [5.41, 5.74) is 2.71. The molecule has 2 aromatic rings. The number of benzene rings is 1. The van der Waals surface area contributed by atoms with Crippen LogP contribution in [0.15, 0.2) is 22.6 Å². The van der Waals surface area contributed by atoms with E-state index < -0.39 is 12.0 Å². The lowest BCUT2D eigenvalue weighted by molar-refractivity contribution is -0.129. The number of aromatic nitrogens is 1. The average Bonchev–Trinajstić information content (AvgIpc) is 2.91. The van der Waals surface area contributed by atoms with Crippen LogP contribution in [0.1, 0.15) is 38.6 Å². The lowest BCUT2D eigenvalue weighted by Gasteiger charge is -2.18. The molecule has 0 fully saturated rings. The van der Waals surface area contributed by atoms with Crippen LogP contribution in [0.3, 0.4) is 0 Å². The second kappa shape index (κ2) is 7.36. The molecule has 1 aromatic heterocycles. The summed E-state index contributed by atoms with van der Waals surface area (Å²) in [7, 11) is 0. The van der Waals surface area contributed by atoms with Crippen molar-refractivity contribution in [2.24, 2.45) is 0 Å². The highest BCUT2D eigenvalue weighted by Crippen LogP contribution is 2.26. The molecule has 0 aliphatic carbocycles. The van der Waals surface area contributed by atoms with Gasteiger partial charge in [-0.2, -0.15) is 11.8 Å². The number of thioether (sulfide) groups is 1. The molecule has 1 aromatic carbocycles. The summed E-state index contributed by atoms with van der Waals surface area (Å²) in [6, 6.07) is 5.95. The fraction of sp³-hybridized carbons (Fsp3) is 0.529. The fourth-order valence-electron chi connectivity index (χ4n) is 2.16. The molecule has 126 valence electrons. The maximum Gasteiger partial charge on any atom is 0.249 e. The van der Waals surface area contributed by atoms with E-state index in [-0.39, 0.29) is 12.0 Å². The van der Waals surface area contributed by atoms with Gasteiger partial charge < -0.3 is 14.8 Å². The molecule has 2 rings (SSSR count). The molecular formula is C17H24N2O3S. The SMILES string of the molecule is CSCC[C@H](O)C(=O)NCc1nc2cc(C(C)(C)C)ccc2o1. The quantitative estimate of drug-likeness (QED) is 0.848. The molecule has 1 amide bonds. The fourth-order valence-corrected chi connectivity index (χ4v) is 2.62. The smallest absolute Gasteiger partial charge is 0.249 e. The largest absolute Gasteiger partial charge is 0.439 e. The van der Waals surface area contributed by atoms with Crippen molar-refractivity contribution in [3.05, 3.63) is 29.7 Å². The van der Waals surface area contributed by atoms with Crippen LogP contribution in [0, 0.1) is 0 Å². The first kappa shape index (κ1) is 17.8. The van der Waals surface area contributed by atoms with Crippen LogP contribution in [-0.2, 0) is 16.8 Å². The number of aliphatic hydroxyl groups is 1. The topological polar surface area (TPSA) is 75.4 Å². The third kappa shape index (κ3) is 4.72. The summed E-state index contributed by atoms with van der Waals surface area (Å²) in [6.45, 7) is 6.61. The van der Waals surface area contributed by atoms with Gasteiger partial charge in [0.15, 0.2) is 5.58 Å². The van der Waals surface area contributed by atoms with Crippen LogP contribution in [0.4, 0.5) is 0 Å². The number of aliphatic hydroxyl groups excluding tert-OH is 1. The molecule has 0 radical (unpaired) electrons. The highest BCUT2D eigenvalue weighted by molar-refractivity contribution is 7.98. The van der Waals surface area contributed by atoms with Crippen molar-refractivity contribution in [2.75, 3.05) is 12.0 Å². The molecule has 1 heterocycles. The zero-order valence-electron chi connectivity index (χ0n) is 14.0. The van der Waals surface area contributed by atoms with Crippen LogP contribution < -0.4 is 5.32 Å². The van der Waals surface area contributed by atoms with Gasteiger partial charge in [-0.05, 0) is 41.5 Å². The molecule has 5 nitrogen and oxygen atoms in total. The van der Waals surface area contributed by atoms with Crippen LogP contribution in [0.2, 0.25) is 0 Å². The van der Waals surface area contributed by atoms with E-state index in [0.717, 1.165) is 11.3 Å².